The summed E-state index contributed by atoms with van der Waals surface area (Å²) in [5, 5.41) is 9.32. The van der Waals surface area contributed by atoms with Gasteiger partial charge in [0.15, 0.2) is 0 Å². The largest absolute Gasteiger partial charge is 0.381 e. The second kappa shape index (κ2) is 9.63. The molecule has 2 unspecified atom stereocenters. The van der Waals surface area contributed by atoms with Crippen molar-refractivity contribution < 1.29 is 14.3 Å². The Morgan fingerprint density at radius 3 is 2.30 bits per heavy atom. The van der Waals surface area contributed by atoms with Crippen molar-refractivity contribution in [3.8, 4) is 0 Å². The molecule has 7 nitrogen and oxygen atoms in total. The van der Waals surface area contributed by atoms with Gasteiger partial charge >= 0.3 is 6.03 Å². The Morgan fingerprint density at radius 1 is 0.867 bits per heavy atom. The Kier molecular flexibility index (Phi) is 6.49. The quantitative estimate of drug-likeness (QED) is 0.700. The third-order valence-electron chi connectivity index (χ3n) is 5.48. The van der Waals surface area contributed by atoms with Crippen LogP contribution in [0.2, 0.25) is 0 Å². The zero-order valence-corrected chi connectivity index (χ0v) is 17.0. The van der Waals surface area contributed by atoms with Crippen LogP contribution in [0.5, 0.6) is 0 Å². The van der Waals surface area contributed by atoms with E-state index in [9.17, 15) is 9.59 Å². The fraction of sp³-hybridized carbons (Fsp3) is 0.391. The first kappa shape index (κ1) is 20.2. The third kappa shape index (κ3) is 5.30. The predicted molar refractivity (Wildman–Crippen MR) is 118 cm³/mol. The summed E-state index contributed by atoms with van der Waals surface area (Å²) in [7, 11) is 0. The Labute approximate surface area is 176 Å². The molecule has 0 spiro atoms. The van der Waals surface area contributed by atoms with Gasteiger partial charge in [0.2, 0.25) is 0 Å². The van der Waals surface area contributed by atoms with E-state index in [1.165, 1.54) is 0 Å². The van der Waals surface area contributed by atoms with E-state index < -0.39 is 0 Å². The highest BCUT2D eigenvalue weighted by molar-refractivity contribution is 5.95. The number of ether oxygens (including phenoxy) is 1. The molecule has 0 aliphatic carbocycles. The summed E-state index contributed by atoms with van der Waals surface area (Å²) in [6.07, 6.45) is 3.32. The summed E-state index contributed by atoms with van der Waals surface area (Å²) in [4.78, 5) is 26.7. The van der Waals surface area contributed by atoms with Crippen molar-refractivity contribution in [1.29, 1.82) is 0 Å². The smallest absolute Gasteiger partial charge is 0.321 e. The molecular weight excluding hydrogens is 380 g/mol. The highest BCUT2D eigenvalue weighted by Gasteiger charge is 2.24. The van der Waals surface area contributed by atoms with E-state index in [1.54, 1.807) is 24.3 Å². The van der Waals surface area contributed by atoms with Crippen molar-refractivity contribution in [2.24, 2.45) is 0 Å². The molecule has 30 heavy (non-hydrogen) atoms. The summed E-state index contributed by atoms with van der Waals surface area (Å²) in [6.45, 7) is 2.05. The lowest BCUT2D eigenvalue weighted by Gasteiger charge is -2.33. The topological polar surface area (TPSA) is 82.7 Å². The average molecular weight is 409 g/mol. The fourth-order valence-electron chi connectivity index (χ4n) is 3.90. The molecule has 2 atom stereocenters. The van der Waals surface area contributed by atoms with Gasteiger partial charge in [0, 0.05) is 42.8 Å². The highest BCUT2D eigenvalue weighted by Crippen LogP contribution is 2.19. The molecular formula is C23H28N4O3. The lowest BCUT2D eigenvalue weighted by molar-refractivity contribution is -0.124. The van der Waals surface area contributed by atoms with Crippen LogP contribution in [0.15, 0.2) is 54.6 Å². The average Bonchev–Trinajstić information content (AvgIpc) is 3.31. The van der Waals surface area contributed by atoms with Crippen LogP contribution in [0.1, 0.15) is 25.7 Å². The second-order valence-electron chi connectivity index (χ2n) is 7.79. The number of nitrogens with one attached hydrogen (secondary N) is 3. The van der Waals surface area contributed by atoms with Gasteiger partial charge in [-0.25, -0.2) is 4.79 Å². The van der Waals surface area contributed by atoms with Gasteiger partial charge in [-0.2, -0.15) is 0 Å². The molecule has 2 fully saturated rings. The summed E-state index contributed by atoms with van der Waals surface area (Å²) in [6, 6.07) is 17.4. The molecule has 2 aromatic rings. The lowest BCUT2D eigenvalue weighted by Crippen LogP contribution is -2.46. The molecule has 0 aromatic heterocycles. The van der Waals surface area contributed by atoms with Crippen LogP contribution >= 0.6 is 0 Å². The number of hydrogen-bond donors (Lipinski definition) is 3. The molecule has 158 valence electrons. The number of benzene rings is 2. The molecule has 0 radical (unpaired) electrons. The second-order valence-corrected chi connectivity index (χ2v) is 7.79. The number of nitrogens with zero attached hydrogens (tertiary/aromatic N) is 1. The van der Waals surface area contributed by atoms with E-state index in [0.29, 0.717) is 24.5 Å². The van der Waals surface area contributed by atoms with Gasteiger partial charge in [0.1, 0.15) is 6.10 Å². The number of para-hydroxylation sites is 1. The van der Waals surface area contributed by atoms with Crippen LogP contribution in [0.3, 0.4) is 0 Å². The highest BCUT2D eigenvalue weighted by atomic mass is 16.5. The van der Waals surface area contributed by atoms with Gasteiger partial charge < -0.3 is 25.6 Å². The van der Waals surface area contributed by atoms with E-state index in [4.69, 9.17) is 4.74 Å². The number of rotatable bonds is 5. The number of amides is 3. The van der Waals surface area contributed by atoms with E-state index in [0.717, 1.165) is 37.9 Å². The maximum absolute atomic E-state index is 12.7. The van der Waals surface area contributed by atoms with Crippen molar-refractivity contribution >= 4 is 29.0 Å². The molecule has 2 saturated heterocycles. The minimum atomic E-state index is -0.360. The number of anilines is 3. The number of likely N-dealkylation sites (tertiary alicyclic amines) is 1. The van der Waals surface area contributed by atoms with Crippen LogP contribution in [0.25, 0.3) is 0 Å². The maximum atomic E-state index is 12.7. The van der Waals surface area contributed by atoms with Crippen LogP contribution < -0.4 is 16.0 Å². The Morgan fingerprint density at radius 2 is 1.60 bits per heavy atom. The normalized spacial score (nSPS) is 21.1. The zero-order chi connectivity index (χ0) is 20.8. The molecule has 4 rings (SSSR count). The molecule has 3 amide bonds. The van der Waals surface area contributed by atoms with Gasteiger partial charge in [-0.15, -0.1) is 0 Å². The van der Waals surface area contributed by atoms with Gasteiger partial charge in [-0.05, 0) is 62.1 Å². The zero-order valence-electron chi connectivity index (χ0n) is 17.0. The number of carbonyl (C=O) groups is 2. The summed E-state index contributed by atoms with van der Waals surface area (Å²) in [5.41, 5.74) is 2.47. The van der Waals surface area contributed by atoms with Crippen molar-refractivity contribution in [3.05, 3.63) is 54.6 Å². The standard InChI is InChI=1S/C23H28N4O3/c28-22(21-9-5-15-30-21)25-18-10-12-19(13-11-18)26-23(29)27-14-4-8-20(16-27)24-17-6-2-1-3-7-17/h1-3,6-7,10-13,20-21,24H,4-5,8-9,14-16H2,(H,25,28)(H,26,29). The van der Waals surface area contributed by atoms with Crippen molar-refractivity contribution in [2.45, 2.75) is 37.8 Å². The monoisotopic (exact) mass is 408 g/mol. The van der Waals surface area contributed by atoms with Crippen molar-refractivity contribution in [3.63, 3.8) is 0 Å². The van der Waals surface area contributed by atoms with Gasteiger partial charge in [-0.3, -0.25) is 4.79 Å². The predicted octanol–water partition coefficient (Wildman–Crippen LogP) is 3.91. The number of carbonyl (C=O) groups excluding carboxylic acids is 2. The number of hydrogen-bond acceptors (Lipinski definition) is 4. The van der Waals surface area contributed by atoms with Crippen molar-refractivity contribution in [2.75, 3.05) is 35.6 Å². The molecule has 2 heterocycles. The van der Waals surface area contributed by atoms with Crippen LogP contribution in [-0.2, 0) is 9.53 Å². The summed E-state index contributed by atoms with van der Waals surface area (Å²) in [5.74, 6) is -0.116. The van der Waals surface area contributed by atoms with E-state index >= 15 is 0 Å². The molecule has 7 heteroatoms. The first-order valence-electron chi connectivity index (χ1n) is 10.6. The van der Waals surface area contributed by atoms with Crippen LogP contribution in [0, 0.1) is 0 Å². The molecule has 3 N–H and O–H groups in total. The number of piperidine rings is 1. The Balaban J connectivity index is 1.28. The van der Waals surface area contributed by atoms with Crippen LogP contribution in [0.4, 0.5) is 21.9 Å². The molecule has 2 aliphatic heterocycles. The molecule has 2 aromatic carbocycles. The molecule has 0 saturated carbocycles. The lowest BCUT2D eigenvalue weighted by atomic mass is 10.1. The first-order valence-corrected chi connectivity index (χ1v) is 10.6. The minimum Gasteiger partial charge on any atom is -0.381 e. The first-order chi connectivity index (χ1) is 14.7. The Hall–Kier alpha value is -3.06. The number of urea groups is 1. The maximum Gasteiger partial charge on any atom is 0.321 e. The van der Waals surface area contributed by atoms with Gasteiger partial charge in [0.05, 0.1) is 0 Å². The summed E-state index contributed by atoms with van der Waals surface area (Å²) >= 11 is 0. The van der Waals surface area contributed by atoms with E-state index in [-0.39, 0.29) is 24.1 Å². The fourth-order valence-corrected chi connectivity index (χ4v) is 3.90. The SMILES string of the molecule is O=C(Nc1ccc(NC(=O)N2CCCC(Nc3ccccc3)C2)cc1)C1CCCO1. The van der Waals surface area contributed by atoms with Gasteiger partial charge in [0.25, 0.3) is 5.91 Å². The van der Waals surface area contributed by atoms with Crippen molar-refractivity contribution in [1.82, 2.24) is 4.90 Å². The third-order valence-corrected chi connectivity index (χ3v) is 5.48. The molecule has 0 bridgehead atoms. The van der Waals surface area contributed by atoms with Crippen LogP contribution in [-0.4, -0.2) is 48.7 Å². The summed E-state index contributed by atoms with van der Waals surface area (Å²) < 4.78 is 5.40. The van der Waals surface area contributed by atoms with E-state index in [2.05, 4.69) is 16.0 Å². The Bertz CT molecular complexity index is 851. The minimum absolute atomic E-state index is 0.106. The van der Waals surface area contributed by atoms with E-state index in [1.807, 2.05) is 35.2 Å². The van der Waals surface area contributed by atoms with Gasteiger partial charge in [-0.1, -0.05) is 18.2 Å². The molecule has 2 aliphatic rings.